The van der Waals surface area contributed by atoms with Crippen molar-refractivity contribution in [3.8, 4) is 11.6 Å². The molecule has 2 aromatic heterocycles. The molecule has 0 bridgehead atoms. The summed E-state index contributed by atoms with van der Waals surface area (Å²) in [5.74, 6) is -1.03. The minimum atomic E-state index is -0.977. The molecule has 0 saturated carbocycles. The number of aromatic carboxylic acids is 1. The van der Waals surface area contributed by atoms with Crippen molar-refractivity contribution in [2.75, 3.05) is 13.2 Å². The average Bonchev–Trinajstić information content (AvgIpc) is 3.25. The molecule has 2 aliphatic rings. The topological polar surface area (TPSA) is 112 Å². The van der Waals surface area contributed by atoms with E-state index in [0.717, 1.165) is 42.0 Å². The minimum Gasteiger partial charge on any atom is -0.483 e. The van der Waals surface area contributed by atoms with Gasteiger partial charge in [-0.3, -0.25) is 4.90 Å². The standard InChI is InChI=1S/C28H27F2N5O5/c1-16-24(40-27-6-8-31-25(33-27)15-39-23-5-3-18(29)11-20(23)30)13-34(16)14-26-32-21-4-2-17(28(36)37)10-22(21)35(26)12-19-7-9-38-19/h2-6,8,10-11,16,19,24H,7,9,12-15H2,1H3,(H,36,37)/t16-,19-,24-/m0/s1. The summed E-state index contributed by atoms with van der Waals surface area (Å²) in [7, 11) is 0. The van der Waals surface area contributed by atoms with Gasteiger partial charge >= 0.3 is 5.97 Å². The zero-order chi connectivity index (χ0) is 27.8. The predicted octanol–water partition coefficient (Wildman–Crippen LogP) is 3.82. The lowest BCUT2D eigenvalue weighted by molar-refractivity contribution is -0.0616. The smallest absolute Gasteiger partial charge is 0.335 e. The summed E-state index contributed by atoms with van der Waals surface area (Å²) in [6.45, 7) is 4.51. The van der Waals surface area contributed by atoms with Crippen LogP contribution in [0.4, 0.5) is 8.78 Å². The van der Waals surface area contributed by atoms with Gasteiger partial charge in [0.1, 0.15) is 24.4 Å². The minimum absolute atomic E-state index is 0.0609. The molecule has 2 fully saturated rings. The van der Waals surface area contributed by atoms with Gasteiger partial charge < -0.3 is 23.9 Å². The van der Waals surface area contributed by atoms with E-state index in [2.05, 4.69) is 26.4 Å². The van der Waals surface area contributed by atoms with Crippen molar-refractivity contribution in [1.82, 2.24) is 24.4 Å². The van der Waals surface area contributed by atoms with E-state index in [1.165, 1.54) is 6.07 Å². The summed E-state index contributed by atoms with van der Waals surface area (Å²) >= 11 is 0. The number of hydrogen-bond acceptors (Lipinski definition) is 8. The number of carbonyl (C=O) groups is 1. The Balaban J connectivity index is 1.10. The molecule has 6 rings (SSSR count). The molecule has 0 spiro atoms. The highest BCUT2D eigenvalue weighted by molar-refractivity contribution is 5.92. The van der Waals surface area contributed by atoms with Gasteiger partial charge in [0.2, 0.25) is 5.88 Å². The van der Waals surface area contributed by atoms with Gasteiger partial charge in [-0.25, -0.2) is 23.5 Å². The Hall–Kier alpha value is -4.16. The van der Waals surface area contributed by atoms with Crippen LogP contribution in [-0.4, -0.2) is 66.9 Å². The van der Waals surface area contributed by atoms with E-state index >= 15 is 0 Å². The summed E-state index contributed by atoms with van der Waals surface area (Å²) in [4.78, 5) is 27.1. The van der Waals surface area contributed by atoms with Gasteiger partial charge in [0.05, 0.1) is 35.8 Å². The highest BCUT2D eigenvalue weighted by Gasteiger charge is 2.38. The maximum Gasteiger partial charge on any atom is 0.335 e. The Morgan fingerprint density at radius 1 is 1.18 bits per heavy atom. The van der Waals surface area contributed by atoms with Crippen molar-refractivity contribution in [3.63, 3.8) is 0 Å². The molecule has 40 heavy (non-hydrogen) atoms. The fourth-order valence-corrected chi connectivity index (χ4v) is 4.84. The van der Waals surface area contributed by atoms with E-state index < -0.39 is 17.6 Å². The van der Waals surface area contributed by atoms with Crippen LogP contribution < -0.4 is 9.47 Å². The van der Waals surface area contributed by atoms with E-state index in [-0.39, 0.29) is 36.2 Å². The van der Waals surface area contributed by atoms with Crippen LogP contribution in [0.25, 0.3) is 11.0 Å². The Bertz CT molecular complexity index is 1560. The third-order valence-electron chi connectivity index (χ3n) is 7.33. The SMILES string of the molecule is C[C@H]1[C@@H](Oc2ccnc(COc3ccc(F)cc3F)n2)CN1Cc1nc2ccc(C(=O)O)cc2n1C[C@@H]1CCO1. The maximum atomic E-state index is 13.8. The van der Waals surface area contributed by atoms with Gasteiger partial charge in [0, 0.05) is 37.5 Å². The van der Waals surface area contributed by atoms with Crippen LogP contribution in [-0.2, 0) is 24.4 Å². The monoisotopic (exact) mass is 551 g/mol. The number of ether oxygens (including phenoxy) is 3. The number of benzene rings is 2. The number of halogens is 2. The second-order valence-electron chi connectivity index (χ2n) is 9.93. The summed E-state index contributed by atoms with van der Waals surface area (Å²) in [6, 6.07) is 9.77. The molecular weight excluding hydrogens is 524 g/mol. The van der Waals surface area contributed by atoms with Crippen LogP contribution in [0.2, 0.25) is 0 Å². The zero-order valence-electron chi connectivity index (χ0n) is 21.7. The molecule has 10 nitrogen and oxygen atoms in total. The quantitative estimate of drug-likeness (QED) is 0.314. The number of fused-ring (bicyclic) bond motifs is 1. The summed E-state index contributed by atoms with van der Waals surface area (Å²) in [6.07, 6.45) is 2.47. The molecule has 0 amide bonds. The van der Waals surface area contributed by atoms with Gasteiger partial charge in [0.15, 0.2) is 17.4 Å². The average molecular weight is 552 g/mol. The van der Waals surface area contributed by atoms with Gasteiger partial charge in [-0.15, -0.1) is 0 Å². The predicted molar refractivity (Wildman–Crippen MR) is 138 cm³/mol. The number of aromatic nitrogens is 4. The molecule has 2 aliphatic heterocycles. The van der Waals surface area contributed by atoms with E-state index in [4.69, 9.17) is 19.2 Å². The fraction of sp³-hybridized carbons (Fsp3) is 0.357. The Morgan fingerprint density at radius 3 is 2.75 bits per heavy atom. The number of hydrogen-bond donors (Lipinski definition) is 1. The first-order chi connectivity index (χ1) is 19.3. The lowest BCUT2D eigenvalue weighted by Crippen LogP contribution is -2.60. The van der Waals surface area contributed by atoms with Crippen LogP contribution in [0.5, 0.6) is 11.6 Å². The fourth-order valence-electron chi connectivity index (χ4n) is 4.84. The molecule has 0 unspecified atom stereocenters. The number of likely N-dealkylation sites (tertiary alicyclic amines) is 1. The summed E-state index contributed by atoms with van der Waals surface area (Å²) < 4.78 is 46.2. The molecule has 4 aromatic rings. The maximum absolute atomic E-state index is 13.8. The number of nitrogens with zero attached hydrogens (tertiary/aromatic N) is 5. The van der Waals surface area contributed by atoms with Gasteiger partial charge in [-0.2, -0.15) is 4.98 Å². The highest BCUT2D eigenvalue weighted by atomic mass is 19.1. The molecule has 1 N–H and O–H groups in total. The van der Waals surface area contributed by atoms with Crippen LogP contribution in [0.15, 0.2) is 48.7 Å². The first-order valence-corrected chi connectivity index (χ1v) is 13.0. The third kappa shape index (κ3) is 5.32. The van der Waals surface area contributed by atoms with Crippen molar-refractivity contribution in [1.29, 1.82) is 0 Å². The molecule has 4 heterocycles. The second kappa shape index (κ2) is 10.8. The van der Waals surface area contributed by atoms with Crippen molar-refractivity contribution < 1.29 is 32.9 Å². The largest absolute Gasteiger partial charge is 0.483 e. The Kier molecular flexibility index (Phi) is 7.03. The lowest BCUT2D eigenvalue weighted by atomic mass is 10.0. The van der Waals surface area contributed by atoms with Crippen molar-refractivity contribution >= 4 is 17.0 Å². The number of imidazole rings is 1. The second-order valence-corrected chi connectivity index (χ2v) is 9.93. The van der Waals surface area contributed by atoms with E-state index in [1.807, 2.05) is 0 Å². The molecule has 208 valence electrons. The Morgan fingerprint density at radius 2 is 2.02 bits per heavy atom. The molecular formula is C28H27F2N5O5. The van der Waals surface area contributed by atoms with E-state index in [0.29, 0.717) is 31.3 Å². The Labute approximate surface area is 228 Å². The van der Waals surface area contributed by atoms with Crippen molar-refractivity contribution in [2.24, 2.45) is 0 Å². The lowest BCUT2D eigenvalue weighted by Gasteiger charge is -2.45. The van der Waals surface area contributed by atoms with E-state index in [9.17, 15) is 18.7 Å². The van der Waals surface area contributed by atoms with Crippen LogP contribution in [0, 0.1) is 11.6 Å². The third-order valence-corrected chi connectivity index (χ3v) is 7.33. The zero-order valence-corrected chi connectivity index (χ0v) is 21.7. The van der Waals surface area contributed by atoms with Gasteiger partial charge in [-0.1, -0.05) is 0 Å². The molecule has 3 atom stereocenters. The first kappa shape index (κ1) is 26.1. The normalized spacial score (nSPS) is 20.6. The van der Waals surface area contributed by atoms with Gasteiger partial charge in [-0.05, 0) is 43.7 Å². The molecule has 0 aliphatic carbocycles. The summed E-state index contributed by atoms with van der Waals surface area (Å²) in [5.41, 5.74) is 1.75. The molecule has 2 aromatic carbocycles. The number of carboxylic acid groups (broad SMARTS) is 1. The van der Waals surface area contributed by atoms with Gasteiger partial charge in [0.25, 0.3) is 0 Å². The van der Waals surface area contributed by atoms with Crippen LogP contribution in [0.1, 0.15) is 35.4 Å². The summed E-state index contributed by atoms with van der Waals surface area (Å²) in [5, 5.41) is 9.46. The molecule has 2 saturated heterocycles. The molecule has 12 heteroatoms. The highest BCUT2D eigenvalue weighted by Crippen LogP contribution is 2.28. The van der Waals surface area contributed by atoms with Crippen LogP contribution >= 0.6 is 0 Å². The van der Waals surface area contributed by atoms with Crippen molar-refractivity contribution in [3.05, 3.63) is 77.5 Å². The van der Waals surface area contributed by atoms with Crippen LogP contribution in [0.3, 0.4) is 0 Å². The number of rotatable bonds is 10. The van der Waals surface area contributed by atoms with Crippen molar-refractivity contribution in [2.45, 2.75) is 51.3 Å². The first-order valence-electron chi connectivity index (χ1n) is 13.0. The number of carboxylic acids is 1. The van der Waals surface area contributed by atoms with E-state index in [1.54, 1.807) is 30.5 Å². The molecule has 0 radical (unpaired) electrons.